The molecule has 0 aliphatic rings. The van der Waals surface area contributed by atoms with Crippen molar-refractivity contribution in [2.45, 2.75) is 6.54 Å². The highest BCUT2D eigenvalue weighted by Gasteiger charge is 2.01. The molecule has 1 heterocycles. The van der Waals surface area contributed by atoms with Crippen molar-refractivity contribution >= 4 is 11.6 Å². The highest BCUT2D eigenvalue weighted by atomic mass is 15.6. The van der Waals surface area contributed by atoms with Gasteiger partial charge < -0.3 is 10.2 Å². The largest absolute Gasteiger partial charge is 0.378 e. The summed E-state index contributed by atoms with van der Waals surface area (Å²) in [5.41, 5.74) is 2.38. The quantitative estimate of drug-likeness (QED) is 0.848. The van der Waals surface area contributed by atoms with Crippen LogP contribution in [0.4, 0.5) is 11.6 Å². The van der Waals surface area contributed by atoms with Crippen LogP contribution in [0.5, 0.6) is 0 Å². The number of nitrogens with zero attached hydrogens (tertiary/aromatic N) is 5. The van der Waals surface area contributed by atoms with Crippen LogP contribution in [0.1, 0.15) is 5.56 Å². The van der Waals surface area contributed by atoms with Gasteiger partial charge in [0.15, 0.2) is 0 Å². The fraction of sp³-hybridized carbons (Fsp3) is 0.364. The van der Waals surface area contributed by atoms with Gasteiger partial charge in [0.05, 0.1) is 0 Å². The fourth-order valence-corrected chi connectivity index (χ4v) is 1.47. The van der Waals surface area contributed by atoms with Crippen LogP contribution in [0, 0.1) is 0 Å². The van der Waals surface area contributed by atoms with Crippen LogP contribution in [0.25, 0.3) is 0 Å². The number of aryl methyl sites for hydroxylation is 1. The van der Waals surface area contributed by atoms with Gasteiger partial charge in [0.1, 0.15) is 0 Å². The lowest BCUT2D eigenvalue weighted by Gasteiger charge is -2.12. The molecule has 0 saturated heterocycles. The first-order valence-electron chi connectivity index (χ1n) is 5.39. The normalized spacial score (nSPS) is 10.3. The molecule has 2 aromatic rings. The molecule has 0 aliphatic heterocycles. The van der Waals surface area contributed by atoms with E-state index in [2.05, 4.69) is 50.0 Å². The number of anilines is 2. The zero-order valence-electron chi connectivity index (χ0n) is 10.3. The molecule has 17 heavy (non-hydrogen) atoms. The second-order valence-electron chi connectivity index (χ2n) is 4.04. The van der Waals surface area contributed by atoms with E-state index in [4.69, 9.17) is 0 Å². The number of hydrogen-bond donors (Lipinski definition) is 1. The van der Waals surface area contributed by atoms with Crippen molar-refractivity contribution in [2.75, 3.05) is 24.3 Å². The maximum atomic E-state index is 3.86. The van der Waals surface area contributed by atoms with Gasteiger partial charge in [0.25, 0.3) is 0 Å². The SMILES string of the molecule is CN(C)c1ccc(CNc2nnnn2C)cc1. The van der Waals surface area contributed by atoms with Crippen molar-refractivity contribution < 1.29 is 0 Å². The lowest BCUT2D eigenvalue weighted by atomic mass is 10.2. The van der Waals surface area contributed by atoms with Crippen molar-refractivity contribution in [1.82, 2.24) is 20.2 Å². The maximum absolute atomic E-state index is 3.86. The zero-order chi connectivity index (χ0) is 12.3. The monoisotopic (exact) mass is 232 g/mol. The second-order valence-corrected chi connectivity index (χ2v) is 4.04. The average Bonchev–Trinajstić information content (AvgIpc) is 2.73. The molecule has 0 atom stereocenters. The Kier molecular flexibility index (Phi) is 3.22. The van der Waals surface area contributed by atoms with Gasteiger partial charge in [-0.3, -0.25) is 0 Å². The molecule has 0 bridgehead atoms. The van der Waals surface area contributed by atoms with Crippen LogP contribution in [0.15, 0.2) is 24.3 Å². The number of aromatic nitrogens is 4. The van der Waals surface area contributed by atoms with E-state index in [9.17, 15) is 0 Å². The summed E-state index contributed by atoms with van der Waals surface area (Å²) >= 11 is 0. The van der Waals surface area contributed by atoms with Gasteiger partial charge >= 0.3 is 0 Å². The molecule has 0 spiro atoms. The maximum Gasteiger partial charge on any atom is 0.242 e. The first-order valence-corrected chi connectivity index (χ1v) is 5.39. The minimum absolute atomic E-state index is 0.668. The van der Waals surface area contributed by atoms with Crippen LogP contribution in [0.3, 0.4) is 0 Å². The van der Waals surface area contributed by atoms with Crippen LogP contribution >= 0.6 is 0 Å². The molecule has 2 rings (SSSR count). The molecule has 0 fully saturated rings. The number of hydrogen-bond acceptors (Lipinski definition) is 5. The predicted molar refractivity (Wildman–Crippen MR) is 66.9 cm³/mol. The highest BCUT2D eigenvalue weighted by Crippen LogP contribution is 2.12. The highest BCUT2D eigenvalue weighted by molar-refractivity contribution is 5.46. The third kappa shape index (κ3) is 2.72. The van der Waals surface area contributed by atoms with E-state index >= 15 is 0 Å². The summed E-state index contributed by atoms with van der Waals surface area (Å²) in [6.07, 6.45) is 0. The number of benzene rings is 1. The fourth-order valence-electron chi connectivity index (χ4n) is 1.47. The van der Waals surface area contributed by atoms with E-state index in [0.29, 0.717) is 12.5 Å². The van der Waals surface area contributed by atoms with Gasteiger partial charge in [0.2, 0.25) is 5.95 Å². The molecule has 1 aromatic carbocycles. The summed E-state index contributed by atoms with van der Waals surface area (Å²) in [4.78, 5) is 2.07. The Hall–Kier alpha value is -2.11. The van der Waals surface area contributed by atoms with Crippen molar-refractivity contribution in [3.63, 3.8) is 0 Å². The minimum Gasteiger partial charge on any atom is -0.378 e. The lowest BCUT2D eigenvalue weighted by molar-refractivity contribution is 0.712. The Morgan fingerprint density at radius 3 is 2.47 bits per heavy atom. The first-order chi connectivity index (χ1) is 8.16. The Balaban J connectivity index is 1.98. The molecule has 0 amide bonds. The van der Waals surface area contributed by atoms with Gasteiger partial charge in [0, 0.05) is 33.4 Å². The summed E-state index contributed by atoms with van der Waals surface area (Å²) in [5, 5.41) is 14.3. The average molecular weight is 232 g/mol. The number of tetrazole rings is 1. The van der Waals surface area contributed by atoms with E-state index in [-0.39, 0.29) is 0 Å². The smallest absolute Gasteiger partial charge is 0.242 e. The second kappa shape index (κ2) is 4.82. The van der Waals surface area contributed by atoms with Crippen molar-refractivity contribution in [2.24, 2.45) is 7.05 Å². The zero-order valence-corrected chi connectivity index (χ0v) is 10.3. The molecule has 0 saturated carbocycles. The van der Waals surface area contributed by atoms with Gasteiger partial charge in [-0.1, -0.05) is 17.2 Å². The Morgan fingerprint density at radius 2 is 1.94 bits per heavy atom. The summed E-state index contributed by atoms with van der Waals surface area (Å²) in [6, 6.07) is 8.36. The Labute approximate surface area is 100 Å². The topological polar surface area (TPSA) is 58.9 Å². The van der Waals surface area contributed by atoms with Crippen molar-refractivity contribution in [1.29, 1.82) is 0 Å². The van der Waals surface area contributed by atoms with Gasteiger partial charge in [-0.2, -0.15) is 0 Å². The summed E-state index contributed by atoms with van der Waals surface area (Å²) in [5.74, 6) is 0.668. The van der Waals surface area contributed by atoms with Crippen LogP contribution in [-0.2, 0) is 13.6 Å². The van der Waals surface area contributed by atoms with E-state index < -0.39 is 0 Å². The van der Waals surface area contributed by atoms with Crippen LogP contribution in [-0.4, -0.2) is 34.3 Å². The molecule has 6 nitrogen and oxygen atoms in total. The molecular formula is C11H16N6. The molecule has 1 aromatic heterocycles. The lowest BCUT2D eigenvalue weighted by Crippen LogP contribution is -2.09. The van der Waals surface area contributed by atoms with Crippen LogP contribution in [0.2, 0.25) is 0 Å². The van der Waals surface area contributed by atoms with Gasteiger partial charge in [-0.25, -0.2) is 4.68 Å². The van der Waals surface area contributed by atoms with E-state index in [0.717, 1.165) is 0 Å². The molecule has 0 radical (unpaired) electrons. The number of nitrogens with one attached hydrogen (secondary N) is 1. The molecular weight excluding hydrogens is 216 g/mol. The predicted octanol–water partition coefficient (Wildman–Crippen LogP) is 0.888. The van der Waals surface area contributed by atoms with E-state index in [1.807, 2.05) is 14.1 Å². The van der Waals surface area contributed by atoms with Crippen molar-refractivity contribution in [3.8, 4) is 0 Å². The minimum atomic E-state index is 0.668. The van der Waals surface area contributed by atoms with Gasteiger partial charge in [-0.05, 0) is 28.1 Å². The summed E-state index contributed by atoms with van der Waals surface area (Å²) in [7, 11) is 5.86. The Morgan fingerprint density at radius 1 is 1.24 bits per heavy atom. The first kappa shape index (κ1) is 11.4. The Bertz CT molecular complexity index is 473. The van der Waals surface area contributed by atoms with Crippen LogP contribution < -0.4 is 10.2 Å². The van der Waals surface area contributed by atoms with E-state index in [1.165, 1.54) is 11.3 Å². The van der Waals surface area contributed by atoms with Crippen molar-refractivity contribution in [3.05, 3.63) is 29.8 Å². The summed E-state index contributed by atoms with van der Waals surface area (Å²) < 4.78 is 1.61. The summed E-state index contributed by atoms with van der Waals surface area (Å²) in [6.45, 7) is 0.710. The molecule has 1 N–H and O–H groups in total. The molecule has 0 aliphatic carbocycles. The molecule has 0 unspecified atom stereocenters. The molecule has 90 valence electrons. The number of rotatable bonds is 4. The third-order valence-corrected chi connectivity index (χ3v) is 2.52. The van der Waals surface area contributed by atoms with Gasteiger partial charge in [-0.15, -0.1) is 0 Å². The standard InChI is InChI=1S/C11H16N6/c1-16(2)10-6-4-9(5-7-10)8-12-11-13-14-15-17(11)3/h4-7H,8H2,1-3H3,(H,12,13,15). The van der Waals surface area contributed by atoms with E-state index in [1.54, 1.807) is 11.7 Å². The third-order valence-electron chi connectivity index (χ3n) is 2.52. The molecule has 6 heteroatoms.